The van der Waals surface area contributed by atoms with E-state index in [0.717, 1.165) is 38.0 Å². The highest BCUT2D eigenvalue weighted by molar-refractivity contribution is 5.75. The maximum atomic E-state index is 12.3. The quantitative estimate of drug-likeness (QED) is 0.863. The smallest absolute Gasteiger partial charge is 0.244 e. The van der Waals surface area contributed by atoms with E-state index in [1.807, 2.05) is 11.0 Å². The highest BCUT2D eigenvalue weighted by Crippen LogP contribution is 2.17. The van der Waals surface area contributed by atoms with Gasteiger partial charge in [0.25, 0.3) is 0 Å². The summed E-state index contributed by atoms with van der Waals surface area (Å²) in [6.45, 7) is 1.78. The molecule has 1 aliphatic rings. The van der Waals surface area contributed by atoms with Crippen molar-refractivity contribution in [1.82, 2.24) is 24.9 Å². The fourth-order valence-electron chi connectivity index (χ4n) is 2.77. The number of carbonyl (C=O) groups excluding carboxylic acids is 1. The Hall–Kier alpha value is -2.64. The number of hydrogen-bond donors (Lipinski definition) is 2. The number of anilines is 2. The van der Waals surface area contributed by atoms with Gasteiger partial charge < -0.3 is 16.0 Å². The lowest BCUT2D eigenvalue weighted by Crippen LogP contribution is -2.35. The molecule has 2 aromatic heterocycles. The zero-order valence-corrected chi connectivity index (χ0v) is 12.9. The molecule has 2 aromatic rings. The number of hydrogen-bond acceptors (Lipinski definition) is 6. The molecule has 122 valence electrons. The van der Waals surface area contributed by atoms with Crippen LogP contribution in [0, 0.1) is 0 Å². The Labute approximate surface area is 134 Å². The number of likely N-dealkylation sites (tertiary alicyclic amines) is 1. The number of carbonyl (C=O) groups is 1. The molecular formula is C15H21N7O. The summed E-state index contributed by atoms with van der Waals surface area (Å²) in [6.07, 6.45) is 7.94. The number of nitrogens with one attached hydrogen (secondary N) is 1. The van der Waals surface area contributed by atoms with E-state index in [0.29, 0.717) is 11.9 Å². The van der Waals surface area contributed by atoms with Crippen molar-refractivity contribution in [3.8, 4) is 0 Å². The van der Waals surface area contributed by atoms with Gasteiger partial charge in [-0.2, -0.15) is 0 Å². The van der Waals surface area contributed by atoms with Gasteiger partial charge in [0, 0.05) is 25.3 Å². The first kappa shape index (κ1) is 15.3. The van der Waals surface area contributed by atoms with Crippen LogP contribution in [0.3, 0.4) is 0 Å². The molecule has 0 bridgehead atoms. The van der Waals surface area contributed by atoms with Crippen molar-refractivity contribution in [2.45, 2.75) is 31.8 Å². The lowest BCUT2D eigenvalue weighted by molar-refractivity contribution is -0.132. The van der Waals surface area contributed by atoms with Crippen LogP contribution >= 0.6 is 0 Å². The van der Waals surface area contributed by atoms with Crippen molar-refractivity contribution in [1.29, 1.82) is 0 Å². The molecule has 1 saturated heterocycles. The standard InChI is InChI=1S/C15H21N7O/c16-14-4-3-13(10-17-14)19-12-2-1-7-21(8-5-12)15(23)11-22-9-6-18-20-22/h3-4,6,9-10,12,19H,1-2,5,7-8,11H2,(H2,16,17). The summed E-state index contributed by atoms with van der Waals surface area (Å²) in [4.78, 5) is 18.3. The Balaban J connectivity index is 1.52. The predicted octanol–water partition coefficient (Wildman–Crippen LogP) is 0.748. The molecule has 1 aliphatic heterocycles. The third-order valence-electron chi connectivity index (χ3n) is 4.01. The summed E-state index contributed by atoms with van der Waals surface area (Å²) in [6, 6.07) is 4.05. The van der Waals surface area contributed by atoms with E-state index in [2.05, 4.69) is 20.6 Å². The molecule has 0 radical (unpaired) electrons. The second kappa shape index (κ2) is 7.08. The van der Waals surface area contributed by atoms with E-state index in [1.54, 1.807) is 29.3 Å². The van der Waals surface area contributed by atoms with Crippen LogP contribution in [0.1, 0.15) is 19.3 Å². The zero-order chi connectivity index (χ0) is 16.1. The van der Waals surface area contributed by atoms with E-state index >= 15 is 0 Å². The molecule has 3 heterocycles. The maximum Gasteiger partial charge on any atom is 0.244 e. The molecule has 0 saturated carbocycles. The molecule has 0 spiro atoms. The number of rotatable bonds is 4. The minimum Gasteiger partial charge on any atom is -0.384 e. The van der Waals surface area contributed by atoms with Crippen LogP contribution in [-0.2, 0) is 11.3 Å². The molecule has 1 atom stereocenters. The fraction of sp³-hybridized carbons (Fsp3) is 0.467. The van der Waals surface area contributed by atoms with Crippen LogP contribution in [-0.4, -0.2) is 49.9 Å². The zero-order valence-electron chi connectivity index (χ0n) is 12.9. The highest BCUT2D eigenvalue weighted by atomic mass is 16.2. The van der Waals surface area contributed by atoms with Crippen molar-refractivity contribution in [2.75, 3.05) is 24.1 Å². The summed E-state index contributed by atoms with van der Waals surface area (Å²) in [5.41, 5.74) is 6.56. The first-order chi connectivity index (χ1) is 11.2. The predicted molar refractivity (Wildman–Crippen MR) is 86.5 cm³/mol. The number of nitrogens with zero attached hydrogens (tertiary/aromatic N) is 5. The average Bonchev–Trinajstić information content (AvgIpc) is 2.94. The van der Waals surface area contributed by atoms with Crippen molar-refractivity contribution in [2.24, 2.45) is 0 Å². The van der Waals surface area contributed by atoms with Crippen LogP contribution in [0.5, 0.6) is 0 Å². The first-order valence-corrected chi connectivity index (χ1v) is 7.80. The molecule has 23 heavy (non-hydrogen) atoms. The van der Waals surface area contributed by atoms with Gasteiger partial charge in [-0.25, -0.2) is 9.67 Å². The van der Waals surface area contributed by atoms with Gasteiger partial charge >= 0.3 is 0 Å². The first-order valence-electron chi connectivity index (χ1n) is 7.80. The van der Waals surface area contributed by atoms with E-state index in [-0.39, 0.29) is 12.5 Å². The van der Waals surface area contributed by atoms with Gasteiger partial charge in [-0.3, -0.25) is 4.79 Å². The van der Waals surface area contributed by atoms with Crippen LogP contribution < -0.4 is 11.1 Å². The number of pyridine rings is 1. The summed E-state index contributed by atoms with van der Waals surface area (Å²) in [5, 5.41) is 11.0. The lowest BCUT2D eigenvalue weighted by atomic mass is 10.1. The average molecular weight is 315 g/mol. The molecule has 3 rings (SSSR count). The summed E-state index contributed by atoms with van der Waals surface area (Å²) < 4.78 is 1.56. The molecule has 8 heteroatoms. The van der Waals surface area contributed by atoms with Crippen LogP contribution in [0.15, 0.2) is 30.7 Å². The van der Waals surface area contributed by atoms with Gasteiger partial charge in [0.15, 0.2) is 0 Å². The molecule has 3 N–H and O–H groups in total. The van der Waals surface area contributed by atoms with E-state index in [1.165, 1.54) is 0 Å². The monoisotopic (exact) mass is 315 g/mol. The Bertz CT molecular complexity index is 626. The van der Waals surface area contributed by atoms with Gasteiger partial charge in [0.05, 0.1) is 18.1 Å². The largest absolute Gasteiger partial charge is 0.384 e. The molecular weight excluding hydrogens is 294 g/mol. The second-order valence-electron chi connectivity index (χ2n) is 5.73. The second-order valence-corrected chi connectivity index (χ2v) is 5.73. The highest BCUT2D eigenvalue weighted by Gasteiger charge is 2.21. The summed E-state index contributed by atoms with van der Waals surface area (Å²) >= 11 is 0. The molecule has 1 fully saturated rings. The maximum absolute atomic E-state index is 12.3. The Morgan fingerprint density at radius 2 is 2.26 bits per heavy atom. The van der Waals surface area contributed by atoms with E-state index < -0.39 is 0 Å². The summed E-state index contributed by atoms with van der Waals surface area (Å²) in [5.74, 6) is 0.603. The fourth-order valence-corrected chi connectivity index (χ4v) is 2.77. The molecule has 8 nitrogen and oxygen atoms in total. The Morgan fingerprint density at radius 3 is 3.00 bits per heavy atom. The van der Waals surface area contributed by atoms with Gasteiger partial charge in [0.1, 0.15) is 12.4 Å². The van der Waals surface area contributed by atoms with E-state index in [9.17, 15) is 4.79 Å². The third-order valence-corrected chi connectivity index (χ3v) is 4.01. The van der Waals surface area contributed by atoms with Crippen LogP contribution in [0.4, 0.5) is 11.5 Å². The van der Waals surface area contributed by atoms with Gasteiger partial charge in [0.2, 0.25) is 5.91 Å². The number of nitrogens with two attached hydrogens (primary N) is 1. The Morgan fingerprint density at radius 1 is 1.35 bits per heavy atom. The van der Waals surface area contributed by atoms with Crippen molar-refractivity contribution >= 4 is 17.4 Å². The van der Waals surface area contributed by atoms with E-state index in [4.69, 9.17) is 5.73 Å². The van der Waals surface area contributed by atoms with Crippen molar-refractivity contribution < 1.29 is 4.79 Å². The van der Waals surface area contributed by atoms with Gasteiger partial charge in [-0.05, 0) is 31.4 Å². The third kappa shape index (κ3) is 4.18. The number of nitrogen functional groups attached to an aromatic ring is 1. The molecule has 0 aromatic carbocycles. The van der Waals surface area contributed by atoms with Gasteiger partial charge in [-0.15, -0.1) is 5.10 Å². The van der Waals surface area contributed by atoms with Crippen LogP contribution in [0.25, 0.3) is 0 Å². The minimum atomic E-state index is 0.0882. The molecule has 1 unspecified atom stereocenters. The molecule has 1 amide bonds. The van der Waals surface area contributed by atoms with Gasteiger partial charge in [-0.1, -0.05) is 5.21 Å². The van der Waals surface area contributed by atoms with Crippen molar-refractivity contribution in [3.63, 3.8) is 0 Å². The number of aromatic nitrogens is 4. The van der Waals surface area contributed by atoms with Crippen LogP contribution in [0.2, 0.25) is 0 Å². The lowest BCUT2D eigenvalue weighted by Gasteiger charge is -2.21. The molecule has 0 aliphatic carbocycles. The minimum absolute atomic E-state index is 0.0882. The normalized spacial score (nSPS) is 18.4. The van der Waals surface area contributed by atoms with Crippen molar-refractivity contribution in [3.05, 3.63) is 30.7 Å². The number of amides is 1. The topological polar surface area (TPSA) is 102 Å². The SMILES string of the molecule is Nc1ccc(NC2CCCN(C(=O)Cn3ccnn3)CC2)cn1. The summed E-state index contributed by atoms with van der Waals surface area (Å²) in [7, 11) is 0. The Kier molecular flexibility index (Phi) is 4.70.